The van der Waals surface area contributed by atoms with E-state index in [9.17, 15) is 4.79 Å². The number of benzene rings is 1. The molecule has 0 radical (unpaired) electrons. The van der Waals surface area contributed by atoms with Crippen LogP contribution in [0.3, 0.4) is 0 Å². The maximum Gasteiger partial charge on any atom is 0.154 e. The molecular formula is C19H20ClN3OS. The van der Waals surface area contributed by atoms with E-state index in [1.54, 1.807) is 30.1 Å². The summed E-state index contributed by atoms with van der Waals surface area (Å²) in [5, 5.41) is 1.20. The van der Waals surface area contributed by atoms with Crippen LogP contribution in [-0.4, -0.2) is 21.7 Å². The van der Waals surface area contributed by atoms with Crippen molar-refractivity contribution in [2.45, 2.75) is 31.7 Å². The Balaban J connectivity index is 1.72. The Morgan fingerprint density at radius 2 is 2.16 bits per heavy atom. The molecule has 4 nitrogen and oxygen atoms in total. The number of carbonyl (C=O) groups excluding carboxylic acids is 1. The minimum atomic E-state index is -0.313. The number of nitrogens with two attached hydrogens (primary N) is 1. The Labute approximate surface area is 156 Å². The van der Waals surface area contributed by atoms with Crippen molar-refractivity contribution in [2.75, 3.05) is 5.75 Å². The molecule has 1 aromatic heterocycles. The molecule has 2 aromatic rings. The molecule has 0 fully saturated rings. The first-order chi connectivity index (χ1) is 11.9. The molecule has 1 unspecified atom stereocenters. The van der Waals surface area contributed by atoms with E-state index in [4.69, 9.17) is 17.3 Å². The second kappa shape index (κ2) is 7.58. The maximum absolute atomic E-state index is 12.4. The Hall–Kier alpha value is -1.85. The molecule has 0 amide bonds. The van der Waals surface area contributed by atoms with Gasteiger partial charge in [-0.3, -0.25) is 14.8 Å². The zero-order chi connectivity index (χ0) is 17.9. The lowest BCUT2D eigenvalue weighted by atomic mass is 9.88. The molecule has 0 bridgehead atoms. The fourth-order valence-electron chi connectivity index (χ4n) is 2.91. The summed E-state index contributed by atoms with van der Waals surface area (Å²) in [6.45, 7) is 2.10. The number of pyridine rings is 1. The van der Waals surface area contributed by atoms with Gasteiger partial charge in [-0.05, 0) is 36.6 Å². The van der Waals surface area contributed by atoms with Crippen LogP contribution >= 0.6 is 23.4 Å². The van der Waals surface area contributed by atoms with E-state index in [0.717, 1.165) is 29.0 Å². The highest BCUT2D eigenvalue weighted by Crippen LogP contribution is 2.35. The van der Waals surface area contributed by atoms with Gasteiger partial charge in [-0.15, -0.1) is 0 Å². The predicted octanol–water partition coefficient (Wildman–Crippen LogP) is 3.76. The molecule has 0 spiro atoms. The second-order valence-electron chi connectivity index (χ2n) is 6.38. The average molecular weight is 374 g/mol. The number of amidine groups is 1. The van der Waals surface area contributed by atoms with Crippen LogP contribution < -0.4 is 5.73 Å². The van der Waals surface area contributed by atoms with E-state index >= 15 is 0 Å². The molecule has 1 aliphatic heterocycles. The minimum Gasteiger partial charge on any atom is -0.379 e. The average Bonchev–Trinajstić information content (AvgIpc) is 2.57. The summed E-state index contributed by atoms with van der Waals surface area (Å²) in [6, 6.07) is 11.6. The third-order valence-corrected chi connectivity index (χ3v) is 5.33. The molecule has 3 rings (SSSR count). The number of hydrogen-bond acceptors (Lipinski definition) is 5. The number of nitrogens with zero attached hydrogens (tertiary/aromatic N) is 2. The normalized spacial score (nSPS) is 20.2. The van der Waals surface area contributed by atoms with Crippen LogP contribution in [0.25, 0.3) is 0 Å². The van der Waals surface area contributed by atoms with Gasteiger partial charge >= 0.3 is 0 Å². The molecular weight excluding hydrogens is 354 g/mol. The van der Waals surface area contributed by atoms with Gasteiger partial charge in [-0.1, -0.05) is 47.6 Å². The Morgan fingerprint density at radius 1 is 1.32 bits per heavy atom. The van der Waals surface area contributed by atoms with Gasteiger partial charge in [0.05, 0.1) is 10.6 Å². The Kier molecular flexibility index (Phi) is 5.45. The number of halogens is 1. The van der Waals surface area contributed by atoms with Gasteiger partial charge in [0, 0.05) is 30.5 Å². The number of Topliss-reactive ketones (excluding diaryl/α,β-unsaturated/α-hetero) is 1. The van der Waals surface area contributed by atoms with Gasteiger partial charge in [-0.2, -0.15) is 0 Å². The molecule has 0 saturated carbocycles. The van der Waals surface area contributed by atoms with Crippen molar-refractivity contribution in [1.29, 1.82) is 0 Å². The molecule has 2 N–H and O–H groups in total. The summed E-state index contributed by atoms with van der Waals surface area (Å²) in [6.07, 6.45) is 3.18. The highest BCUT2D eigenvalue weighted by molar-refractivity contribution is 8.13. The van der Waals surface area contributed by atoms with Gasteiger partial charge in [0.2, 0.25) is 0 Å². The van der Waals surface area contributed by atoms with Crippen LogP contribution in [-0.2, 0) is 23.2 Å². The topological polar surface area (TPSA) is 68.3 Å². The third kappa shape index (κ3) is 4.61. The highest BCUT2D eigenvalue weighted by Gasteiger charge is 2.29. The van der Waals surface area contributed by atoms with Gasteiger partial charge in [0.15, 0.2) is 5.17 Å². The quantitative estimate of drug-likeness (QED) is 0.866. The van der Waals surface area contributed by atoms with Crippen LogP contribution in [0.1, 0.15) is 30.2 Å². The molecule has 6 heteroatoms. The van der Waals surface area contributed by atoms with Crippen LogP contribution in [0.15, 0.2) is 47.6 Å². The number of carbonyl (C=O) groups is 1. The fourth-order valence-corrected chi connectivity index (χ4v) is 4.00. The Morgan fingerprint density at radius 3 is 2.88 bits per heavy atom. The molecule has 0 saturated heterocycles. The lowest BCUT2D eigenvalue weighted by Gasteiger charge is -2.30. The molecule has 1 atom stereocenters. The van der Waals surface area contributed by atoms with Crippen molar-refractivity contribution in [3.63, 3.8) is 0 Å². The van der Waals surface area contributed by atoms with Crippen molar-refractivity contribution in [1.82, 2.24) is 4.98 Å². The van der Waals surface area contributed by atoms with Gasteiger partial charge in [-0.25, -0.2) is 0 Å². The number of hydrogen-bond donors (Lipinski definition) is 1. The first kappa shape index (κ1) is 18.0. The van der Waals surface area contributed by atoms with Crippen molar-refractivity contribution in [3.05, 3.63) is 64.4 Å². The van der Waals surface area contributed by atoms with E-state index in [-0.39, 0.29) is 11.3 Å². The van der Waals surface area contributed by atoms with Gasteiger partial charge in [0.25, 0.3) is 0 Å². The standard InChI is InChI=1S/C19H20ClN3OS/c1-19(7-8-25-18(21)23-19)14-4-2-3-13(9-14)10-17(24)11-16-6-5-15(20)12-22-16/h2-6,9,12H,7-8,10-11H2,1H3,(H2,21,23). The van der Waals surface area contributed by atoms with Crippen molar-refractivity contribution < 1.29 is 4.79 Å². The Bertz CT molecular complexity index is 807. The number of rotatable bonds is 5. The summed E-state index contributed by atoms with van der Waals surface area (Å²) >= 11 is 7.41. The summed E-state index contributed by atoms with van der Waals surface area (Å²) < 4.78 is 0. The predicted molar refractivity (Wildman–Crippen MR) is 104 cm³/mol. The van der Waals surface area contributed by atoms with Crippen molar-refractivity contribution in [3.8, 4) is 0 Å². The van der Waals surface area contributed by atoms with E-state index in [1.807, 2.05) is 12.1 Å². The van der Waals surface area contributed by atoms with Crippen LogP contribution in [0.4, 0.5) is 0 Å². The largest absolute Gasteiger partial charge is 0.379 e. The van der Waals surface area contributed by atoms with Crippen LogP contribution in [0.5, 0.6) is 0 Å². The van der Waals surface area contributed by atoms with Crippen molar-refractivity contribution in [2.24, 2.45) is 10.7 Å². The fraction of sp³-hybridized carbons (Fsp3) is 0.316. The number of thioether (sulfide) groups is 1. The van der Waals surface area contributed by atoms with Crippen molar-refractivity contribution >= 4 is 34.3 Å². The summed E-state index contributed by atoms with van der Waals surface area (Å²) in [5.74, 6) is 1.08. The molecule has 1 aromatic carbocycles. The SMILES string of the molecule is CC1(c2cccc(CC(=O)Cc3ccc(Cl)cn3)c2)CCSC(N)=N1. The summed E-state index contributed by atoms with van der Waals surface area (Å²) in [4.78, 5) is 21.2. The molecule has 0 aliphatic carbocycles. The zero-order valence-corrected chi connectivity index (χ0v) is 15.6. The monoisotopic (exact) mass is 373 g/mol. The lowest BCUT2D eigenvalue weighted by Crippen LogP contribution is -2.28. The van der Waals surface area contributed by atoms with Gasteiger partial charge in [0.1, 0.15) is 5.78 Å². The van der Waals surface area contributed by atoms with Gasteiger partial charge < -0.3 is 5.73 Å². The van der Waals surface area contributed by atoms with E-state index in [0.29, 0.717) is 23.0 Å². The van der Waals surface area contributed by atoms with E-state index < -0.39 is 0 Å². The number of ketones is 1. The first-order valence-corrected chi connectivity index (χ1v) is 9.51. The highest BCUT2D eigenvalue weighted by atomic mass is 35.5. The molecule has 2 heterocycles. The van der Waals surface area contributed by atoms with E-state index in [1.165, 1.54) is 0 Å². The molecule has 25 heavy (non-hydrogen) atoms. The zero-order valence-electron chi connectivity index (χ0n) is 14.0. The number of aliphatic imine (C=N–C) groups is 1. The van der Waals surface area contributed by atoms with Crippen LogP contribution in [0, 0.1) is 0 Å². The molecule has 1 aliphatic rings. The number of aromatic nitrogens is 1. The first-order valence-electron chi connectivity index (χ1n) is 8.14. The second-order valence-corrected chi connectivity index (χ2v) is 7.93. The summed E-state index contributed by atoms with van der Waals surface area (Å²) in [5.41, 5.74) is 8.42. The van der Waals surface area contributed by atoms with Crippen LogP contribution in [0.2, 0.25) is 5.02 Å². The van der Waals surface area contributed by atoms with E-state index in [2.05, 4.69) is 29.0 Å². The molecule has 130 valence electrons. The maximum atomic E-state index is 12.4. The third-order valence-electron chi connectivity index (χ3n) is 4.31. The lowest BCUT2D eigenvalue weighted by molar-refractivity contribution is -0.117. The summed E-state index contributed by atoms with van der Waals surface area (Å²) in [7, 11) is 0. The minimum absolute atomic E-state index is 0.124. The smallest absolute Gasteiger partial charge is 0.154 e.